The summed E-state index contributed by atoms with van der Waals surface area (Å²) in [6, 6.07) is 7.45. The molecule has 0 N–H and O–H groups in total. The minimum Gasteiger partial charge on any atom is -0.497 e. The van der Waals surface area contributed by atoms with Crippen molar-refractivity contribution >= 4 is 17.4 Å². The molecular formula is C22H30N2O3. The average Bonchev–Trinajstić information content (AvgIpc) is 2.96. The molecule has 27 heavy (non-hydrogen) atoms. The molecule has 0 radical (unpaired) electrons. The quantitative estimate of drug-likeness (QED) is 0.515. The fourth-order valence-corrected chi connectivity index (χ4v) is 3.89. The summed E-state index contributed by atoms with van der Waals surface area (Å²) >= 11 is 0. The van der Waals surface area contributed by atoms with E-state index in [0.717, 1.165) is 62.9 Å². The van der Waals surface area contributed by atoms with E-state index in [1.807, 2.05) is 24.3 Å². The zero-order valence-corrected chi connectivity index (χ0v) is 16.5. The maximum Gasteiger partial charge on any atom is 0.277 e. The molecule has 2 heterocycles. The molecule has 0 bridgehead atoms. The Hall–Kier alpha value is -2.30. The van der Waals surface area contributed by atoms with Gasteiger partial charge in [0, 0.05) is 19.6 Å². The summed E-state index contributed by atoms with van der Waals surface area (Å²) < 4.78 is 5.23. The molecule has 146 valence electrons. The molecule has 2 amide bonds. The van der Waals surface area contributed by atoms with Gasteiger partial charge in [-0.3, -0.25) is 14.5 Å². The molecule has 5 nitrogen and oxygen atoms in total. The van der Waals surface area contributed by atoms with Crippen LogP contribution in [0.15, 0.2) is 30.0 Å². The lowest BCUT2D eigenvalue weighted by molar-refractivity contribution is -0.137. The molecule has 2 aliphatic rings. The van der Waals surface area contributed by atoms with E-state index in [1.54, 1.807) is 7.11 Å². The Morgan fingerprint density at radius 1 is 0.926 bits per heavy atom. The molecule has 0 aromatic heterocycles. The summed E-state index contributed by atoms with van der Waals surface area (Å²) in [5.41, 5.74) is 1.95. The van der Waals surface area contributed by atoms with E-state index in [4.69, 9.17) is 4.74 Å². The van der Waals surface area contributed by atoms with Gasteiger partial charge in [-0.25, -0.2) is 0 Å². The smallest absolute Gasteiger partial charge is 0.277 e. The Morgan fingerprint density at radius 3 is 2.26 bits per heavy atom. The van der Waals surface area contributed by atoms with Gasteiger partial charge in [0.1, 0.15) is 11.4 Å². The second-order valence-corrected chi connectivity index (χ2v) is 7.32. The molecule has 1 aromatic carbocycles. The normalized spacial score (nSPS) is 17.9. The number of amides is 2. The Labute approximate surface area is 162 Å². The van der Waals surface area contributed by atoms with Crippen LogP contribution in [0.3, 0.4) is 0 Å². The second kappa shape index (κ2) is 9.07. The number of carbonyl (C=O) groups is 2. The summed E-state index contributed by atoms with van der Waals surface area (Å²) in [6.45, 7) is 4.36. The maximum atomic E-state index is 13.2. The third-order valence-electron chi connectivity index (χ3n) is 5.43. The summed E-state index contributed by atoms with van der Waals surface area (Å²) in [5, 5.41) is 0. The first-order chi connectivity index (χ1) is 13.2. The predicted octanol–water partition coefficient (Wildman–Crippen LogP) is 3.84. The lowest BCUT2D eigenvalue weighted by atomic mass is 10.0. The SMILES string of the molecule is CCCCCCN1C(=O)C(c2ccc(OC)cc2)=C(N2CCCCC2)C1=O. The molecule has 1 aromatic rings. The summed E-state index contributed by atoms with van der Waals surface area (Å²) in [6.07, 6.45) is 7.50. The largest absolute Gasteiger partial charge is 0.497 e. The molecular weight excluding hydrogens is 340 g/mol. The van der Waals surface area contributed by atoms with Gasteiger partial charge in [-0.1, -0.05) is 38.3 Å². The van der Waals surface area contributed by atoms with Crippen molar-refractivity contribution in [3.8, 4) is 5.75 Å². The number of ether oxygens (including phenoxy) is 1. The molecule has 0 saturated carbocycles. The third-order valence-corrected chi connectivity index (χ3v) is 5.43. The van der Waals surface area contributed by atoms with Crippen LogP contribution in [0.2, 0.25) is 0 Å². The number of piperidine rings is 1. The van der Waals surface area contributed by atoms with Crippen LogP contribution in [-0.4, -0.2) is 48.4 Å². The third kappa shape index (κ3) is 4.18. The van der Waals surface area contributed by atoms with Crippen LogP contribution < -0.4 is 4.74 Å². The van der Waals surface area contributed by atoms with Crippen molar-refractivity contribution < 1.29 is 14.3 Å². The van der Waals surface area contributed by atoms with E-state index < -0.39 is 0 Å². The average molecular weight is 370 g/mol. The number of carbonyl (C=O) groups excluding carboxylic acids is 2. The number of methoxy groups -OCH3 is 1. The zero-order valence-electron chi connectivity index (χ0n) is 16.5. The van der Waals surface area contributed by atoms with Gasteiger partial charge in [-0.2, -0.15) is 0 Å². The van der Waals surface area contributed by atoms with E-state index in [9.17, 15) is 9.59 Å². The Morgan fingerprint density at radius 2 is 1.63 bits per heavy atom. The highest BCUT2D eigenvalue weighted by atomic mass is 16.5. The lowest BCUT2D eigenvalue weighted by Gasteiger charge is -2.29. The van der Waals surface area contributed by atoms with Gasteiger partial charge in [-0.15, -0.1) is 0 Å². The predicted molar refractivity (Wildman–Crippen MR) is 106 cm³/mol. The van der Waals surface area contributed by atoms with Crippen LogP contribution in [0.5, 0.6) is 5.75 Å². The summed E-state index contributed by atoms with van der Waals surface area (Å²) in [5.74, 6) is 0.471. The van der Waals surface area contributed by atoms with E-state index in [2.05, 4.69) is 11.8 Å². The monoisotopic (exact) mass is 370 g/mol. The van der Waals surface area contributed by atoms with Crippen molar-refractivity contribution in [1.82, 2.24) is 9.80 Å². The van der Waals surface area contributed by atoms with Crippen molar-refractivity contribution in [3.05, 3.63) is 35.5 Å². The van der Waals surface area contributed by atoms with Crippen LogP contribution in [-0.2, 0) is 9.59 Å². The first-order valence-corrected chi connectivity index (χ1v) is 10.2. The van der Waals surface area contributed by atoms with Gasteiger partial charge >= 0.3 is 0 Å². The van der Waals surface area contributed by atoms with Gasteiger partial charge in [0.2, 0.25) is 0 Å². The molecule has 1 saturated heterocycles. The second-order valence-electron chi connectivity index (χ2n) is 7.32. The lowest BCUT2D eigenvalue weighted by Crippen LogP contribution is -2.37. The van der Waals surface area contributed by atoms with Gasteiger partial charge in [0.25, 0.3) is 11.8 Å². The van der Waals surface area contributed by atoms with Gasteiger partial charge < -0.3 is 9.64 Å². The van der Waals surface area contributed by atoms with Gasteiger partial charge in [0.05, 0.1) is 12.7 Å². The number of imide groups is 1. The van der Waals surface area contributed by atoms with Crippen molar-refractivity contribution in [2.45, 2.75) is 51.9 Å². The highest BCUT2D eigenvalue weighted by molar-refractivity contribution is 6.35. The standard InChI is InChI=1S/C22H30N2O3/c1-3-4-5-9-16-24-21(25)19(17-10-12-18(27-2)13-11-17)20(22(24)26)23-14-7-6-8-15-23/h10-13H,3-9,14-16H2,1-2H3. The van der Waals surface area contributed by atoms with Crippen molar-refractivity contribution in [2.75, 3.05) is 26.7 Å². The van der Waals surface area contributed by atoms with Gasteiger partial charge in [-0.05, 0) is 43.4 Å². The Kier molecular flexibility index (Phi) is 6.54. The minimum atomic E-state index is -0.151. The summed E-state index contributed by atoms with van der Waals surface area (Å²) in [7, 11) is 1.62. The van der Waals surface area contributed by atoms with Crippen molar-refractivity contribution in [3.63, 3.8) is 0 Å². The highest BCUT2D eigenvalue weighted by Gasteiger charge is 2.41. The molecule has 5 heteroatoms. The van der Waals surface area contributed by atoms with Crippen molar-refractivity contribution in [1.29, 1.82) is 0 Å². The number of benzene rings is 1. The number of unbranched alkanes of at least 4 members (excludes halogenated alkanes) is 3. The fraction of sp³-hybridized carbons (Fsp3) is 0.545. The molecule has 0 aliphatic carbocycles. The van der Waals surface area contributed by atoms with E-state index in [-0.39, 0.29) is 11.8 Å². The first-order valence-electron chi connectivity index (χ1n) is 10.2. The van der Waals surface area contributed by atoms with Crippen LogP contribution in [0.1, 0.15) is 57.4 Å². The van der Waals surface area contributed by atoms with Crippen LogP contribution in [0.25, 0.3) is 5.57 Å². The number of hydrogen-bond acceptors (Lipinski definition) is 4. The van der Waals surface area contributed by atoms with Crippen LogP contribution >= 0.6 is 0 Å². The van der Waals surface area contributed by atoms with Gasteiger partial charge in [0.15, 0.2) is 0 Å². The zero-order chi connectivity index (χ0) is 19.2. The van der Waals surface area contributed by atoms with E-state index in [1.165, 1.54) is 11.3 Å². The molecule has 0 unspecified atom stereocenters. The van der Waals surface area contributed by atoms with Crippen LogP contribution in [0.4, 0.5) is 0 Å². The number of rotatable bonds is 8. The maximum absolute atomic E-state index is 13.2. The first kappa shape index (κ1) is 19.5. The topological polar surface area (TPSA) is 49.9 Å². The van der Waals surface area contributed by atoms with Crippen molar-refractivity contribution in [2.24, 2.45) is 0 Å². The molecule has 0 spiro atoms. The molecule has 2 aliphatic heterocycles. The molecule has 0 atom stereocenters. The van der Waals surface area contributed by atoms with E-state index >= 15 is 0 Å². The number of likely N-dealkylation sites (tertiary alicyclic amines) is 1. The minimum absolute atomic E-state index is 0.121. The highest BCUT2D eigenvalue weighted by Crippen LogP contribution is 2.34. The Balaban J connectivity index is 1.90. The molecule has 3 rings (SSSR count). The fourth-order valence-electron chi connectivity index (χ4n) is 3.89. The molecule has 1 fully saturated rings. The van der Waals surface area contributed by atoms with E-state index in [0.29, 0.717) is 17.8 Å². The number of hydrogen-bond donors (Lipinski definition) is 0. The summed E-state index contributed by atoms with van der Waals surface area (Å²) in [4.78, 5) is 29.9. The van der Waals surface area contributed by atoms with Crippen LogP contribution in [0, 0.1) is 0 Å². The Bertz CT molecular complexity index is 703. The number of nitrogens with zero attached hydrogens (tertiary/aromatic N) is 2.